The number of carbonyl (C=O) groups excluding carboxylic acids is 1. The van der Waals surface area contributed by atoms with Gasteiger partial charge in [-0.1, -0.05) is 13.8 Å². The van der Waals surface area contributed by atoms with Gasteiger partial charge in [-0.3, -0.25) is 4.79 Å². The molecule has 0 unspecified atom stereocenters. The van der Waals surface area contributed by atoms with Crippen molar-refractivity contribution in [3.8, 4) is 0 Å². The molecule has 0 heterocycles. The molecule has 0 spiro atoms. The second-order valence-electron chi connectivity index (χ2n) is 3.18. The predicted octanol–water partition coefficient (Wildman–Crippen LogP) is 0.980. The van der Waals surface area contributed by atoms with Gasteiger partial charge in [0.15, 0.2) is 5.78 Å². The van der Waals surface area contributed by atoms with Crippen LogP contribution < -0.4 is 5.32 Å². The van der Waals surface area contributed by atoms with E-state index in [1.54, 1.807) is 7.11 Å². The summed E-state index contributed by atoms with van der Waals surface area (Å²) < 4.78 is 4.71. The van der Waals surface area contributed by atoms with Gasteiger partial charge in [0.05, 0.1) is 0 Å². The maximum absolute atomic E-state index is 10.9. The Kier molecular flexibility index (Phi) is 7.00. The van der Waals surface area contributed by atoms with Gasteiger partial charge in [0.25, 0.3) is 0 Å². The number of ketones is 1. The van der Waals surface area contributed by atoms with Crippen LogP contribution in [0.4, 0.5) is 0 Å². The summed E-state index contributed by atoms with van der Waals surface area (Å²) in [5, 5.41) is 3.25. The van der Waals surface area contributed by atoms with Gasteiger partial charge in [-0.15, -0.1) is 0 Å². The van der Waals surface area contributed by atoms with E-state index in [9.17, 15) is 4.79 Å². The summed E-state index contributed by atoms with van der Waals surface area (Å²) in [6.45, 7) is 5.35. The van der Waals surface area contributed by atoms with Crippen LogP contribution in [0.5, 0.6) is 0 Å². The van der Waals surface area contributed by atoms with Crippen molar-refractivity contribution in [3.05, 3.63) is 0 Å². The van der Waals surface area contributed by atoms with Crippen molar-refractivity contribution in [2.45, 2.75) is 32.7 Å². The van der Waals surface area contributed by atoms with Gasteiger partial charge in [-0.05, 0) is 13.0 Å². The molecule has 0 amide bonds. The summed E-state index contributed by atoms with van der Waals surface area (Å²) in [6.07, 6.45) is 1.52. The van der Waals surface area contributed by atoms with Crippen LogP contribution in [0.15, 0.2) is 0 Å². The molecule has 0 bridgehead atoms. The fraction of sp³-hybridized carbons (Fsp3) is 0.889. The predicted molar refractivity (Wildman–Crippen MR) is 49.3 cm³/mol. The van der Waals surface area contributed by atoms with Crippen LogP contribution >= 0.6 is 0 Å². The SMILES string of the molecule is COCC(=O)CCCNC(C)C. The fourth-order valence-electron chi connectivity index (χ4n) is 0.909. The van der Waals surface area contributed by atoms with Gasteiger partial charge in [0, 0.05) is 19.6 Å². The third-order valence-electron chi connectivity index (χ3n) is 1.49. The molecule has 1 N–H and O–H groups in total. The zero-order valence-electron chi connectivity index (χ0n) is 8.22. The van der Waals surface area contributed by atoms with E-state index in [0.717, 1.165) is 13.0 Å². The maximum atomic E-state index is 10.9. The van der Waals surface area contributed by atoms with Gasteiger partial charge in [0.1, 0.15) is 6.61 Å². The minimum atomic E-state index is 0.183. The molecule has 3 nitrogen and oxygen atoms in total. The number of Topliss-reactive ketones (excluding diaryl/α,β-unsaturated/α-hetero) is 1. The Morgan fingerprint density at radius 2 is 2.17 bits per heavy atom. The van der Waals surface area contributed by atoms with Crippen LogP contribution in [0.3, 0.4) is 0 Å². The first-order valence-electron chi connectivity index (χ1n) is 4.41. The highest BCUT2D eigenvalue weighted by atomic mass is 16.5. The maximum Gasteiger partial charge on any atom is 0.158 e. The lowest BCUT2D eigenvalue weighted by Gasteiger charge is -2.06. The Bertz CT molecular complexity index is 124. The molecule has 0 aliphatic rings. The molecule has 0 aromatic heterocycles. The van der Waals surface area contributed by atoms with Crippen LogP contribution in [0.2, 0.25) is 0 Å². The van der Waals surface area contributed by atoms with Gasteiger partial charge in [-0.25, -0.2) is 0 Å². The second kappa shape index (κ2) is 7.25. The molecule has 0 saturated carbocycles. The van der Waals surface area contributed by atoms with Crippen molar-refractivity contribution in [2.24, 2.45) is 0 Å². The number of rotatable bonds is 7. The topological polar surface area (TPSA) is 38.3 Å². The number of nitrogens with one attached hydrogen (secondary N) is 1. The summed E-state index contributed by atoms with van der Waals surface area (Å²) in [6, 6.07) is 0.502. The molecular weight excluding hydrogens is 154 g/mol. The van der Waals surface area contributed by atoms with Gasteiger partial charge in [-0.2, -0.15) is 0 Å². The van der Waals surface area contributed by atoms with Crippen molar-refractivity contribution in [3.63, 3.8) is 0 Å². The summed E-state index contributed by atoms with van der Waals surface area (Å²) in [4.78, 5) is 10.9. The molecule has 0 aromatic carbocycles. The number of hydrogen-bond acceptors (Lipinski definition) is 3. The zero-order chi connectivity index (χ0) is 9.40. The summed E-state index contributed by atoms with van der Waals surface area (Å²) in [7, 11) is 1.55. The van der Waals surface area contributed by atoms with Crippen LogP contribution in [0.1, 0.15) is 26.7 Å². The molecule has 12 heavy (non-hydrogen) atoms. The average Bonchev–Trinajstić information content (AvgIpc) is 1.98. The van der Waals surface area contributed by atoms with Crippen LogP contribution in [-0.2, 0) is 9.53 Å². The van der Waals surface area contributed by atoms with Crippen LogP contribution in [-0.4, -0.2) is 32.1 Å². The molecule has 0 aromatic rings. The molecule has 72 valence electrons. The third-order valence-corrected chi connectivity index (χ3v) is 1.49. The zero-order valence-corrected chi connectivity index (χ0v) is 8.22. The summed E-state index contributed by atoms with van der Waals surface area (Å²) in [5.74, 6) is 0.183. The minimum absolute atomic E-state index is 0.183. The quantitative estimate of drug-likeness (QED) is 0.583. The molecular formula is C9H19NO2. The highest BCUT2D eigenvalue weighted by molar-refractivity contribution is 5.79. The fourth-order valence-corrected chi connectivity index (χ4v) is 0.909. The van der Waals surface area contributed by atoms with Crippen molar-refractivity contribution in [1.29, 1.82) is 0 Å². The highest BCUT2D eigenvalue weighted by Crippen LogP contribution is 1.90. The van der Waals surface area contributed by atoms with Gasteiger partial charge >= 0.3 is 0 Å². The van der Waals surface area contributed by atoms with E-state index in [-0.39, 0.29) is 12.4 Å². The highest BCUT2D eigenvalue weighted by Gasteiger charge is 2.00. The lowest BCUT2D eigenvalue weighted by molar-refractivity contribution is -0.122. The largest absolute Gasteiger partial charge is 0.377 e. The lowest BCUT2D eigenvalue weighted by Crippen LogP contribution is -2.24. The molecule has 0 atom stereocenters. The first-order chi connectivity index (χ1) is 5.66. The number of methoxy groups -OCH3 is 1. The Balaban J connectivity index is 3.14. The van der Waals surface area contributed by atoms with E-state index in [1.165, 1.54) is 0 Å². The number of hydrogen-bond donors (Lipinski definition) is 1. The van der Waals surface area contributed by atoms with E-state index in [0.29, 0.717) is 12.5 Å². The monoisotopic (exact) mass is 173 g/mol. The van der Waals surface area contributed by atoms with Crippen molar-refractivity contribution in [1.82, 2.24) is 5.32 Å². The molecule has 0 fully saturated rings. The standard InChI is InChI=1S/C9H19NO2/c1-8(2)10-6-4-5-9(11)7-12-3/h8,10H,4-7H2,1-3H3. The van der Waals surface area contributed by atoms with Gasteiger partial charge in [0.2, 0.25) is 0 Å². The Labute approximate surface area is 74.5 Å². The van der Waals surface area contributed by atoms with Crippen molar-refractivity contribution in [2.75, 3.05) is 20.3 Å². The normalized spacial score (nSPS) is 10.7. The summed E-state index contributed by atoms with van der Waals surface area (Å²) in [5.41, 5.74) is 0. The van der Waals surface area contributed by atoms with E-state index in [4.69, 9.17) is 4.74 Å². The Morgan fingerprint density at radius 3 is 2.67 bits per heavy atom. The van der Waals surface area contributed by atoms with Crippen molar-refractivity contribution < 1.29 is 9.53 Å². The molecule has 0 saturated heterocycles. The Morgan fingerprint density at radius 1 is 1.50 bits per heavy atom. The third kappa shape index (κ3) is 7.69. The van der Waals surface area contributed by atoms with E-state index in [2.05, 4.69) is 19.2 Å². The van der Waals surface area contributed by atoms with E-state index < -0.39 is 0 Å². The molecule has 0 radical (unpaired) electrons. The molecule has 0 aliphatic heterocycles. The van der Waals surface area contributed by atoms with Crippen molar-refractivity contribution >= 4 is 5.78 Å². The summed E-state index contributed by atoms with van der Waals surface area (Å²) >= 11 is 0. The van der Waals surface area contributed by atoms with Gasteiger partial charge < -0.3 is 10.1 Å². The second-order valence-corrected chi connectivity index (χ2v) is 3.18. The molecule has 0 aliphatic carbocycles. The smallest absolute Gasteiger partial charge is 0.158 e. The average molecular weight is 173 g/mol. The Hall–Kier alpha value is -0.410. The van der Waals surface area contributed by atoms with Crippen LogP contribution in [0, 0.1) is 0 Å². The lowest BCUT2D eigenvalue weighted by atomic mass is 10.2. The molecule has 0 rings (SSSR count). The minimum Gasteiger partial charge on any atom is -0.377 e. The van der Waals surface area contributed by atoms with E-state index in [1.807, 2.05) is 0 Å². The molecule has 3 heteroatoms. The first kappa shape index (κ1) is 11.6. The number of ether oxygens (including phenoxy) is 1. The van der Waals surface area contributed by atoms with E-state index >= 15 is 0 Å². The van der Waals surface area contributed by atoms with Crippen LogP contribution in [0.25, 0.3) is 0 Å². The number of carbonyl (C=O) groups is 1. The first-order valence-corrected chi connectivity index (χ1v) is 4.41.